The third-order valence-electron chi connectivity index (χ3n) is 3.55. The van der Waals surface area contributed by atoms with Gasteiger partial charge < -0.3 is 15.3 Å². The van der Waals surface area contributed by atoms with Crippen LogP contribution >= 0.6 is 0 Å². The second kappa shape index (κ2) is 5.69. The second-order valence-corrected chi connectivity index (χ2v) is 5.26. The van der Waals surface area contributed by atoms with Crippen LogP contribution in [0.2, 0.25) is 0 Å². The lowest BCUT2D eigenvalue weighted by molar-refractivity contribution is -0.991. The first-order valence-corrected chi connectivity index (χ1v) is 6.62. The quantitative estimate of drug-likeness (QED) is 0.718. The summed E-state index contributed by atoms with van der Waals surface area (Å²) < 4.78 is 0. The molecule has 1 aliphatic heterocycles. The SMILES string of the molecule is CC(=O)CCc1cc2c(cc1[NH+]([O-])O)CC[C@@H](C)N2. The Kier molecular flexibility index (Phi) is 4.19. The maximum Gasteiger partial charge on any atom is 0.167 e. The van der Waals surface area contributed by atoms with E-state index in [2.05, 4.69) is 12.2 Å². The monoisotopic (exact) mass is 264 g/mol. The van der Waals surface area contributed by atoms with Crippen molar-refractivity contribution in [3.8, 4) is 0 Å². The number of hydrogen-bond acceptors (Lipinski definition) is 4. The zero-order valence-corrected chi connectivity index (χ0v) is 11.3. The highest BCUT2D eigenvalue weighted by Gasteiger charge is 2.19. The van der Waals surface area contributed by atoms with Gasteiger partial charge in [0.05, 0.1) is 0 Å². The molecule has 0 saturated heterocycles. The number of carbonyl (C=O) groups excluding carboxylic acids is 1. The molecule has 19 heavy (non-hydrogen) atoms. The summed E-state index contributed by atoms with van der Waals surface area (Å²) in [4.78, 5) is 11.1. The van der Waals surface area contributed by atoms with Crippen molar-refractivity contribution in [1.29, 1.82) is 0 Å². The molecule has 1 aliphatic rings. The molecule has 5 nitrogen and oxygen atoms in total. The standard InChI is InChI=1S/C14H20N2O3/c1-9-3-5-11-8-14(16(18)19)12(6-4-10(2)17)7-13(11)15-9/h7-9,15-16,18H,3-6H2,1-2H3/t9-/m1/s1. The van der Waals surface area contributed by atoms with Crippen LogP contribution in [-0.4, -0.2) is 17.0 Å². The van der Waals surface area contributed by atoms with Crippen LogP contribution in [0.5, 0.6) is 0 Å². The van der Waals surface area contributed by atoms with E-state index in [1.54, 1.807) is 6.07 Å². The molecular weight excluding hydrogens is 244 g/mol. The number of fused-ring (bicyclic) bond motifs is 1. The third-order valence-corrected chi connectivity index (χ3v) is 3.55. The number of rotatable bonds is 4. The number of aryl methyl sites for hydroxylation is 2. The van der Waals surface area contributed by atoms with Crippen molar-refractivity contribution in [2.75, 3.05) is 5.32 Å². The third kappa shape index (κ3) is 3.32. The second-order valence-electron chi connectivity index (χ2n) is 5.26. The minimum absolute atomic E-state index is 0.0791. The summed E-state index contributed by atoms with van der Waals surface area (Å²) in [5.41, 5.74) is 3.14. The molecule has 0 aromatic heterocycles. The zero-order chi connectivity index (χ0) is 14.0. The Morgan fingerprint density at radius 2 is 2.32 bits per heavy atom. The van der Waals surface area contributed by atoms with Gasteiger partial charge in [-0.25, -0.2) is 5.21 Å². The predicted octanol–water partition coefficient (Wildman–Crippen LogP) is 1.36. The molecule has 104 valence electrons. The predicted molar refractivity (Wildman–Crippen MR) is 72.6 cm³/mol. The molecule has 1 heterocycles. The molecule has 1 aromatic carbocycles. The lowest BCUT2D eigenvalue weighted by Crippen LogP contribution is -2.99. The summed E-state index contributed by atoms with van der Waals surface area (Å²) in [5.74, 6) is 0.0791. The fraction of sp³-hybridized carbons (Fsp3) is 0.500. The highest BCUT2D eigenvalue weighted by Crippen LogP contribution is 2.30. The molecule has 0 aliphatic carbocycles. The fourth-order valence-corrected chi connectivity index (χ4v) is 2.46. The van der Waals surface area contributed by atoms with Gasteiger partial charge in [0, 0.05) is 29.8 Å². The number of benzene rings is 1. The lowest BCUT2D eigenvalue weighted by Gasteiger charge is -2.26. The molecule has 1 unspecified atom stereocenters. The maximum atomic E-state index is 11.3. The van der Waals surface area contributed by atoms with Crippen molar-refractivity contribution in [3.05, 3.63) is 28.5 Å². The number of ketones is 1. The largest absolute Gasteiger partial charge is 0.595 e. The number of hydrogen-bond donors (Lipinski definition) is 3. The Bertz CT molecular complexity index is 486. The van der Waals surface area contributed by atoms with Crippen LogP contribution in [0.15, 0.2) is 12.1 Å². The van der Waals surface area contributed by atoms with Crippen LogP contribution in [0.25, 0.3) is 0 Å². The Labute approximate surface area is 112 Å². The topological polar surface area (TPSA) is 76.8 Å². The van der Waals surface area contributed by atoms with Crippen molar-refractivity contribution in [1.82, 2.24) is 0 Å². The molecule has 0 amide bonds. The average molecular weight is 264 g/mol. The van der Waals surface area contributed by atoms with Gasteiger partial charge in [-0.2, -0.15) is 5.23 Å². The van der Waals surface area contributed by atoms with Gasteiger partial charge in [0.25, 0.3) is 0 Å². The van der Waals surface area contributed by atoms with E-state index >= 15 is 0 Å². The van der Waals surface area contributed by atoms with Gasteiger partial charge in [-0.3, -0.25) is 0 Å². The molecule has 1 aromatic rings. The van der Waals surface area contributed by atoms with Crippen LogP contribution in [0, 0.1) is 5.21 Å². The van der Waals surface area contributed by atoms with E-state index in [-0.39, 0.29) is 5.78 Å². The first-order chi connectivity index (χ1) is 8.97. The molecule has 0 saturated carbocycles. The summed E-state index contributed by atoms with van der Waals surface area (Å²) in [7, 11) is 0. The lowest BCUT2D eigenvalue weighted by atomic mass is 9.94. The minimum Gasteiger partial charge on any atom is -0.595 e. The molecule has 0 radical (unpaired) electrons. The van der Waals surface area contributed by atoms with Gasteiger partial charge in [0.1, 0.15) is 5.78 Å². The van der Waals surface area contributed by atoms with Gasteiger partial charge in [-0.1, -0.05) is 0 Å². The Morgan fingerprint density at radius 3 is 2.95 bits per heavy atom. The molecule has 0 fully saturated rings. The Balaban J connectivity index is 2.33. The Morgan fingerprint density at radius 1 is 1.58 bits per heavy atom. The molecule has 0 bridgehead atoms. The van der Waals surface area contributed by atoms with E-state index in [9.17, 15) is 15.2 Å². The van der Waals surface area contributed by atoms with E-state index in [1.807, 2.05) is 6.07 Å². The van der Waals surface area contributed by atoms with Crippen molar-refractivity contribution in [2.45, 2.75) is 45.6 Å². The summed E-state index contributed by atoms with van der Waals surface area (Å²) in [6.07, 6.45) is 2.78. The molecular formula is C14H20N2O3. The molecule has 5 heteroatoms. The number of quaternary nitrogens is 1. The van der Waals surface area contributed by atoms with Crippen molar-refractivity contribution in [2.24, 2.45) is 0 Å². The van der Waals surface area contributed by atoms with E-state index in [0.29, 0.717) is 24.6 Å². The van der Waals surface area contributed by atoms with Gasteiger partial charge in [0.15, 0.2) is 5.69 Å². The van der Waals surface area contributed by atoms with Crippen molar-refractivity contribution < 1.29 is 15.2 Å². The molecule has 2 rings (SSSR count). The summed E-state index contributed by atoms with van der Waals surface area (Å²) in [6, 6.07) is 4.06. The highest BCUT2D eigenvalue weighted by molar-refractivity contribution is 5.76. The summed E-state index contributed by atoms with van der Waals surface area (Å²) >= 11 is 0. The van der Waals surface area contributed by atoms with E-state index < -0.39 is 5.23 Å². The minimum atomic E-state index is -0.917. The van der Waals surface area contributed by atoms with Crippen LogP contribution in [-0.2, 0) is 17.6 Å². The normalized spacial score (nSPS) is 19.5. The molecule has 3 N–H and O–H groups in total. The fourth-order valence-electron chi connectivity index (χ4n) is 2.46. The summed E-state index contributed by atoms with van der Waals surface area (Å²) in [6.45, 7) is 3.64. The molecule has 0 spiro atoms. The van der Waals surface area contributed by atoms with Crippen LogP contribution in [0.4, 0.5) is 11.4 Å². The average Bonchev–Trinajstić information content (AvgIpc) is 2.34. The number of nitrogens with one attached hydrogen (secondary N) is 2. The number of carbonyl (C=O) groups is 1. The van der Waals surface area contributed by atoms with Crippen LogP contribution in [0.3, 0.4) is 0 Å². The number of Topliss-reactive ketones (excluding diaryl/α,β-unsaturated/α-hetero) is 1. The van der Waals surface area contributed by atoms with E-state index in [0.717, 1.165) is 29.7 Å². The maximum absolute atomic E-state index is 11.3. The van der Waals surface area contributed by atoms with Gasteiger partial charge >= 0.3 is 0 Å². The van der Waals surface area contributed by atoms with Crippen molar-refractivity contribution in [3.63, 3.8) is 0 Å². The highest BCUT2D eigenvalue weighted by atomic mass is 16.8. The zero-order valence-electron chi connectivity index (χ0n) is 11.3. The Hall–Kier alpha value is -1.43. The van der Waals surface area contributed by atoms with E-state index in [4.69, 9.17) is 0 Å². The van der Waals surface area contributed by atoms with Gasteiger partial charge in [0.2, 0.25) is 0 Å². The van der Waals surface area contributed by atoms with E-state index in [1.165, 1.54) is 6.92 Å². The van der Waals surface area contributed by atoms with Gasteiger partial charge in [-0.15, -0.1) is 0 Å². The summed E-state index contributed by atoms with van der Waals surface area (Å²) in [5, 5.41) is 23.0. The number of anilines is 1. The first-order valence-electron chi connectivity index (χ1n) is 6.62. The van der Waals surface area contributed by atoms with Crippen LogP contribution < -0.4 is 10.5 Å². The first kappa shape index (κ1) is 14.0. The molecule has 2 atom stereocenters. The van der Waals surface area contributed by atoms with Crippen LogP contribution in [0.1, 0.15) is 37.8 Å². The smallest absolute Gasteiger partial charge is 0.167 e. The van der Waals surface area contributed by atoms with Gasteiger partial charge in [-0.05, 0) is 44.7 Å². The van der Waals surface area contributed by atoms with Crippen molar-refractivity contribution >= 4 is 17.2 Å².